The Bertz CT molecular complexity index is 1370. The van der Waals surface area contributed by atoms with E-state index in [1.54, 1.807) is 30.5 Å². The maximum absolute atomic E-state index is 11.9. The van der Waals surface area contributed by atoms with Gasteiger partial charge in [-0.3, -0.25) is 5.43 Å². The minimum atomic E-state index is -3.49. The zero-order valence-electron chi connectivity index (χ0n) is 18.2. The Morgan fingerprint density at radius 1 is 0.848 bits per heavy atom. The molecule has 0 bridgehead atoms. The molecular formula is C25H23N5O2S. The van der Waals surface area contributed by atoms with Crippen molar-refractivity contribution < 1.29 is 8.42 Å². The van der Waals surface area contributed by atoms with Gasteiger partial charge in [0.15, 0.2) is 11.6 Å². The minimum absolute atomic E-state index is 0.198. The lowest BCUT2D eigenvalue weighted by molar-refractivity contribution is 0.588. The van der Waals surface area contributed by atoms with E-state index in [9.17, 15) is 8.42 Å². The molecule has 1 heterocycles. The third-order valence-corrected chi connectivity index (χ3v) is 6.52. The molecule has 4 rings (SSSR count). The lowest BCUT2D eigenvalue weighted by Gasteiger charge is -2.11. The fourth-order valence-corrected chi connectivity index (χ4v) is 3.95. The van der Waals surface area contributed by atoms with E-state index >= 15 is 0 Å². The summed E-state index contributed by atoms with van der Waals surface area (Å²) in [7, 11) is -2.10. The SMILES string of the molecule is CNS(=O)(=O)c1ccc(C(C)=NNc2nc(-c3ccccc3)ncc2-c2ccccc2)cc1. The van der Waals surface area contributed by atoms with Crippen molar-refractivity contribution in [1.29, 1.82) is 0 Å². The van der Waals surface area contributed by atoms with Crippen molar-refractivity contribution in [2.24, 2.45) is 5.10 Å². The van der Waals surface area contributed by atoms with Gasteiger partial charge < -0.3 is 0 Å². The maximum Gasteiger partial charge on any atom is 0.240 e. The van der Waals surface area contributed by atoms with E-state index in [4.69, 9.17) is 4.98 Å². The molecule has 8 heteroatoms. The smallest absolute Gasteiger partial charge is 0.240 e. The van der Waals surface area contributed by atoms with E-state index in [1.807, 2.05) is 67.6 Å². The van der Waals surface area contributed by atoms with Crippen molar-refractivity contribution in [3.8, 4) is 22.5 Å². The van der Waals surface area contributed by atoms with E-state index < -0.39 is 10.0 Å². The van der Waals surface area contributed by atoms with Crippen LogP contribution in [0.5, 0.6) is 0 Å². The standard InChI is InChI=1S/C25H23N5O2S/c1-18(19-13-15-22(16-14-19)33(31,32)26-2)29-30-25-23(20-9-5-3-6-10-20)17-27-24(28-25)21-11-7-4-8-12-21/h3-17,26H,1-2H3,(H,27,28,30). The van der Waals surface area contributed by atoms with Crippen LogP contribution in [0.2, 0.25) is 0 Å². The molecule has 0 amide bonds. The average molecular weight is 458 g/mol. The Hall–Kier alpha value is -3.88. The predicted octanol–water partition coefficient (Wildman–Crippen LogP) is 4.55. The highest BCUT2D eigenvalue weighted by molar-refractivity contribution is 7.89. The molecule has 33 heavy (non-hydrogen) atoms. The fraction of sp³-hybridized carbons (Fsp3) is 0.0800. The summed E-state index contributed by atoms with van der Waals surface area (Å²) in [6.45, 7) is 1.84. The van der Waals surface area contributed by atoms with E-state index in [0.29, 0.717) is 17.4 Å². The monoisotopic (exact) mass is 457 g/mol. The second-order valence-electron chi connectivity index (χ2n) is 7.23. The maximum atomic E-state index is 11.9. The van der Waals surface area contributed by atoms with E-state index in [2.05, 4.69) is 20.2 Å². The van der Waals surface area contributed by atoms with Crippen LogP contribution in [0.4, 0.5) is 5.82 Å². The number of hydrogen-bond acceptors (Lipinski definition) is 6. The molecule has 1 aromatic heterocycles. The second kappa shape index (κ2) is 9.72. The second-order valence-corrected chi connectivity index (χ2v) is 9.12. The first-order valence-electron chi connectivity index (χ1n) is 10.3. The van der Waals surface area contributed by atoms with E-state index in [1.165, 1.54) is 7.05 Å². The predicted molar refractivity (Wildman–Crippen MR) is 131 cm³/mol. The normalized spacial score (nSPS) is 11.9. The van der Waals surface area contributed by atoms with Crippen molar-refractivity contribution in [1.82, 2.24) is 14.7 Å². The highest BCUT2D eigenvalue weighted by atomic mass is 32.2. The van der Waals surface area contributed by atoms with Crippen molar-refractivity contribution >= 4 is 21.6 Å². The van der Waals surface area contributed by atoms with Crippen LogP contribution in [-0.2, 0) is 10.0 Å². The van der Waals surface area contributed by atoms with Crippen LogP contribution >= 0.6 is 0 Å². The number of nitrogens with zero attached hydrogens (tertiary/aromatic N) is 3. The number of rotatable bonds is 7. The number of nitrogens with one attached hydrogen (secondary N) is 2. The summed E-state index contributed by atoms with van der Waals surface area (Å²) in [5, 5.41) is 4.51. The van der Waals surface area contributed by atoms with Crippen LogP contribution in [0, 0.1) is 0 Å². The largest absolute Gasteiger partial charge is 0.260 e. The van der Waals surface area contributed by atoms with Crippen molar-refractivity contribution in [3.63, 3.8) is 0 Å². The number of aromatic nitrogens is 2. The first-order chi connectivity index (χ1) is 16.0. The molecule has 0 spiro atoms. The number of sulfonamides is 1. The summed E-state index contributed by atoms with van der Waals surface area (Å²) < 4.78 is 26.2. The molecule has 166 valence electrons. The van der Waals surface area contributed by atoms with Gasteiger partial charge in [0.2, 0.25) is 10.0 Å². The van der Waals surface area contributed by atoms with Gasteiger partial charge in [0.1, 0.15) is 0 Å². The Morgan fingerprint density at radius 2 is 1.45 bits per heavy atom. The number of anilines is 1. The first-order valence-corrected chi connectivity index (χ1v) is 11.8. The van der Waals surface area contributed by atoms with Crippen molar-refractivity contribution in [2.45, 2.75) is 11.8 Å². The highest BCUT2D eigenvalue weighted by Gasteiger charge is 2.12. The third kappa shape index (κ3) is 5.14. The summed E-state index contributed by atoms with van der Waals surface area (Å²) in [4.78, 5) is 9.47. The van der Waals surface area contributed by atoms with Gasteiger partial charge in [0.25, 0.3) is 0 Å². The molecular weight excluding hydrogens is 434 g/mol. The third-order valence-electron chi connectivity index (χ3n) is 5.09. The zero-order valence-corrected chi connectivity index (χ0v) is 19.0. The molecule has 0 unspecified atom stereocenters. The Morgan fingerprint density at radius 3 is 2.06 bits per heavy atom. The summed E-state index contributed by atoms with van der Waals surface area (Å²) >= 11 is 0. The average Bonchev–Trinajstić information content (AvgIpc) is 2.88. The number of hydrogen-bond donors (Lipinski definition) is 2. The van der Waals surface area contributed by atoms with Gasteiger partial charge in [0, 0.05) is 17.3 Å². The Balaban J connectivity index is 1.67. The molecule has 3 aromatic carbocycles. The number of hydrazone groups is 1. The summed E-state index contributed by atoms with van der Waals surface area (Å²) in [6, 6.07) is 26.1. The van der Waals surface area contributed by atoms with Gasteiger partial charge in [0.05, 0.1) is 10.6 Å². The van der Waals surface area contributed by atoms with Gasteiger partial charge in [-0.15, -0.1) is 0 Å². The van der Waals surface area contributed by atoms with Crippen LogP contribution < -0.4 is 10.1 Å². The zero-order chi connectivity index (χ0) is 23.3. The quantitative estimate of drug-likeness (QED) is 0.313. The van der Waals surface area contributed by atoms with Crippen LogP contribution in [0.25, 0.3) is 22.5 Å². The Labute approximate surface area is 193 Å². The minimum Gasteiger partial charge on any atom is -0.260 e. The molecule has 7 nitrogen and oxygen atoms in total. The molecule has 0 aliphatic heterocycles. The molecule has 0 aliphatic rings. The van der Waals surface area contributed by atoms with E-state index in [0.717, 1.165) is 22.3 Å². The van der Waals surface area contributed by atoms with Crippen LogP contribution in [-0.4, -0.2) is 31.1 Å². The molecule has 2 N–H and O–H groups in total. The van der Waals surface area contributed by atoms with Crippen molar-refractivity contribution in [3.05, 3.63) is 96.7 Å². The summed E-state index contributed by atoms with van der Waals surface area (Å²) in [5.41, 5.74) is 7.25. The summed E-state index contributed by atoms with van der Waals surface area (Å²) in [6.07, 6.45) is 1.79. The van der Waals surface area contributed by atoms with Gasteiger partial charge in [-0.05, 0) is 37.2 Å². The lowest BCUT2D eigenvalue weighted by atomic mass is 10.1. The van der Waals surface area contributed by atoms with Gasteiger partial charge in [-0.1, -0.05) is 72.8 Å². The van der Waals surface area contributed by atoms with Gasteiger partial charge in [-0.2, -0.15) is 5.10 Å². The van der Waals surface area contributed by atoms with Crippen LogP contribution in [0.1, 0.15) is 12.5 Å². The number of benzene rings is 3. The Kier molecular flexibility index (Phi) is 6.58. The molecule has 0 saturated heterocycles. The molecule has 0 atom stereocenters. The van der Waals surface area contributed by atoms with E-state index in [-0.39, 0.29) is 4.90 Å². The van der Waals surface area contributed by atoms with Crippen LogP contribution in [0.15, 0.2) is 101 Å². The first kappa shape index (κ1) is 22.3. The van der Waals surface area contributed by atoms with Gasteiger partial charge in [-0.25, -0.2) is 23.1 Å². The fourth-order valence-electron chi connectivity index (χ4n) is 3.22. The molecule has 4 aromatic rings. The topological polar surface area (TPSA) is 96.3 Å². The molecule has 0 saturated carbocycles. The molecule has 0 fully saturated rings. The van der Waals surface area contributed by atoms with Crippen LogP contribution in [0.3, 0.4) is 0 Å². The highest BCUT2D eigenvalue weighted by Crippen LogP contribution is 2.28. The molecule has 0 radical (unpaired) electrons. The lowest BCUT2D eigenvalue weighted by Crippen LogP contribution is -2.18. The summed E-state index contributed by atoms with van der Waals surface area (Å²) in [5.74, 6) is 1.16. The van der Waals surface area contributed by atoms with Crippen molar-refractivity contribution in [2.75, 3.05) is 12.5 Å². The van der Waals surface area contributed by atoms with Gasteiger partial charge >= 0.3 is 0 Å². The molecule has 0 aliphatic carbocycles.